The van der Waals surface area contributed by atoms with E-state index in [4.69, 9.17) is 4.52 Å². The van der Waals surface area contributed by atoms with E-state index in [2.05, 4.69) is 32.1 Å². The third-order valence-corrected chi connectivity index (χ3v) is 6.84. The predicted molar refractivity (Wildman–Crippen MR) is 126 cm³/mol. The molecule has 2 fully saturated rings. The fraction of sp³-hybridized carbons (Fsp3) is 0.423. The van der Waals surface area contributed by atoms with Crippen LogP contribution in [0.15, 0.2) is 59.1 Å². The molecule has 0 spiro atoms. The molecule has 10 heteroatoms. The molecule has 2 saturated heterocycles. The summed E-state index contributed by atoms with van der Waals surface area (Å²) in [6.07, 6.45) is -2.53. The number of nitrogens with zero attached hydrogens (tertiary/aromatic N) is 5. The van der Waals surface area contributed by atoms with Crippen molar-refractivity contribution in [3.8, 4) is 11.4 Å². The number of carbonyl (C=O) groups excluding carboxylic acids is 1. The number of alkyl halides is 3. The zero-order valence-corrected chi connectivity index (χ0v) is 19.8. The maximum Gasteiger partial charge on any atom is 0.416 e. The molecule has 0 bridgehead atoms. The van der Waals surface area contributed by atoms with Crippen molar-refractivity contribution >= 4 is 5.91 Å². The summed E-state index contributed by atoms with van der Waals surface area (Å²) in [6, 6.07) is 15.0. The van der Waals surface area contributed by atoms with Gasteiger partial charge in [-0.3, -0.25) is 14.6 Å². The van der Waals surface area contributed by atoms with Gasteiger partial charge in [0, 0.05) is 38.3 Å². The number of halogens is 3. The number of likely N-dealkylation sites (tertiary alicyclic amines) is 1. The van der Waals surface area contributed by atoms with Crippen molar-refractivity contribution in [3.63, 3.8) is 0 Å². The summed E-state index contributed by atoms with van der Waals surface area (Å²) in [7, 11) is 0. The number of hydrogen-bond donors (Lipinski definition) is 0. The summed E-state index contributed by atoms with van der Waals surface area (Å²) in [6.45, 7) is 4.65. The Morgan fingerprint density at radius 1 is 0.972 bits per heavy atom. The average molecular weight is 500 g/mol. The Bertz CT molecular complexity index is 1180. The van der Waals surface area contributed by atoms with Gasteiger partial charge < -0.3 is 9.42 Å². The van der Waals surface area contributed by atoms with Crippen molar-refractivity contribution in [2.24, 2.45) is 0 Å². The zero-order valence-electron chi connectivity index (χ0n) is 19.8. The smallest absolute Gasteiger partial charge is 0.339 e. The lowest BCUT2D eigenvalue weighted by atomic mass is 10.1. The van der Waals surface area contributed by atoms with Gasteiger partial charge in [-0.2, -0.15) is 18.2 Å². The van der Waals surface area contributed by atoms with E-state index in [1.54, 1.807) is 0 Å². The average Bonchev–Trinajstić information content (AvgIpc) is 3.54. The highest BCUT2D eigenvalue weighted by Gasteiger charge is 2.35. The van der Waals surface area contributed by atoms with Crippen LogP contribution in [0.4, 0.5) is 13.2 Å². The van der Waals surface area contributed by atoms with Crippen LogP contribution < -0.4 is 0 Å². The Labute approximate surface area is 207 Å². The molecule has 2 aliphatic heterocycles. The third kappa shape index (κ3) is 5.60. The van der Waals surface area contributed by atoms with Crippen molar-refractivity contribution < 1.29 is 22.5 Å². The molecule has 3 aromatic rings. The monoisotopic (exact) mass is 499 g/mol. The summed E-state index contributed by atoms with van der Waals surface area (Å²) in [4.78, 5) is 23.9. The van der Waals surface area contributed by atoms with E-state index in [-0.39, 0.29) is 23.3 Å². The maximum absolute atomic E-state index is 13.3. The lowest BCUT2D eigenvalue weighted by Gasteiger charge is -2.36. The number of carbonyl (C=O) groups is 1. The van der Waals surface area contributed by atoms with Crippen LogP contribution in [0.5, 0.6) is 0 Å². The fourth-order valence-electron chi connectivity index (χ4n) is 4.91. The standard InChI is InChI=1S/C26H28F3N5O2/c27-26(28,29)21-9-4-8-20(16-21)24-30-23(36-31-24)18-32-12-14-33(15-13-32)25(35)22-10-5-11-34(22)17-19-6-2-1-3-7-19/h1-4,6-9,16,22H,5,10-15,17-18H2. The predicted octanol–water partition coefficient (Wildman–Crippen LogP) is 4.06. The summed E-state index contributed by atoms with van der Waals surface area (Å²) in [5.74, 6) is 0.657. The molecule has 2 aliphatic rings. The van der Waals surface area contributed by atoms with E-state index in [9.17, 15) is 18.0 Å². The Balaban J connectivity index is 1.14. The highest BCUT2D eigenvalue weighted by atomic mass is 19.4. The molecule has 3 heterocycles. The molecule has 5 rings (SSSR count). The molecule has 190 valence electrons. The van der Waals surface area contributed by atoms with E-state index in [1.165, 1.54) is 17.7 Å². The first-order valence-corrected chi connectivity index (χ1v) is 12.2. The first-order chi connectivity index (χ1) is 17.4. The van der Waals surface area contributed by atoms with E-state index >= 15 is 0 Å². The molecular weight excluding hydrogens is 471 g/mol. The van der Waals surface area contributed by atoms with Crippen LogP contribution in [-0.4, -0.2) is 69.5 Å². The van der Waals surface area contributed by atoms with Gasteiger partial charge in [0.1, 0.15) is 0 Å². The second-order valence-corrected chi connectivity index (χ2v) is 9.31. The highest BCUT2D eigenvalue weighted by Crippen LogP contribution is 2.31. The highest BCUT2D eigenvalue weighted by molar-refractivity contribution is 5.82. The quantitative estimate of drug-likeness (QED) is 0.510. The summed E-state index contributed by atoms with van der Waals surface area (Å²) >= 11 is 0. The Kier molecular flexibility index (Phi) is 7.06. The van der Waals surface area contributed by atoms with E-state index < -0.39 is 11.7 Å². The second kappa shape index (κ2) is 10.4. The zero-order chi connectivity index (χ0) is 25.1. The Morgan fingerprint density at radius 2 is 1.75 bits per heavy atom. The minimum absolute atomic E-state index is 0.0808. The SMILES string of the molecule is O=C(C1CCCN1Cc1ccccc1)N1CCN(Cc2nc(-c3cccc(C(F)(F)F)c3)no2)CC1. The molecule has 0 saturated carbocycles. The lowest BCUT2D eigenvalue weighted by molar-refractivity contribution is -0.138. The van der Waals surface area contributed by atoms with Gasteiger partial charge in [0.2, 0.25) is 17.6 Å². The summed E-state index contributed by atoms with van der Waals surface area (Å²) in [5, 5.41) is 3.86. The lowest BCUT2D eigenvalue weighted by Crippen LogP contribution is -2.53. The number of amides is 1. The van der Waals surface area contributed by atoms with Crippen molar-refractivity contribution in [1.82, 2.24) is 24.8 Å². The van der Waals surface area contributed by atoms with Gasteiger partial charge in [0.25, 0.3) is 0 Å². The number of rotatable bonds is 6. The Morgan fingerprint density at radius 3 is 2.50 bits per heavy atom. The first kappa shape index (κ1) is 24.5. The van der Waals surface area contributed by atoms with Crippen molar-refractivity contribution in [2.75, 3.05) is 32.7 Å². The molecule has 36 heavy (non-hydrogen) atoms. The van der Waals surface area contributed by atoms with Gasteiger partial charge in [-0.05, 0) is 37.1 Å². The number of aromatic nitrogens is 2. The summed E-state index contributed by atoms with van der Waals surface area (Å²) < 4.78 is 44.3. The normalized spacial score (nSPS) is 19.6. The molecule has 0 aliphatic carbocycles. The minimum atomic E-state index is -4.43. The molecular formula is C26H28F3N5O2. The summed E-state index contributed by atoms with van der Waals surface area (Å²) in [5.41, 5.74) is 0.717. The topological polar surface area (TPSA) is 65.7 Å². The number of piperazine rings is 1. The fourth-order valence-corrected chi connectivity index (χ4v) is 4.91. The van der Waals surface area contributed by atoms with Crippen LogP contribution in [0, 0.1) is 0 Å². The molecule has 0 radical (unpaired) electrons. The molecule has 1 atom stereocenters. The van der Waals surface area contributed by atoms with Crippen molar-refractivity contribution in [3.05, 3.63) is 71.6 Å². The number of hydrogen-bond acceptors (Lipinski definition) is 6. The molecule has 7 nitrogen and oxygen atoms in total. The van der Waals surface area contributed by atoms with Crippen LogP contribution in [-0.2, 0) is 24.1 Å². The largest absolute Gasteiger partial charge is 0.416 e. The van der Waals surface area contributed by atoms with Gasteiger partial charge in [0.15, 0.2) is 0 Å². The Hall–Kier alpha value is -3.24. The van der Waals surface area contributed by atoms with Gasteiger partial charge in [0.05, 0.1) is 18.2 Å². The van der Waals surface area contributed by atoms with Gasteiger partial charge in [-0.1, -0.05) is 47.6 Å². The van der Waals surface area contributed by atoms with Gasteiger partial charge in [-0.15, -0.1) is 0 Å². The van der Waals surface area contributed by atoms with E-state index in [1.807, 2.05) is 23.1 Å². The van der Waals surface area contributed by atoms with Crippen LogP contribution in [0.3, 0.4) is 0 Å². The van der Waals surface area contributed by atoms with Crippen LogP contribution in [0.2, 0.25) is 0 Å². The minimum Gasteiger partial charge on any atom is -0.339 e. The first-order valence-electron chi connectivity index (χ1n) is 12.2. The second-order valence-electron chi connectivity index (χ2n) is 9.31. The third-order valence-electron chi connectivity index (χ3n) is 6.84. The van der Waals surface area contributed by atoms with Crippen LogP contribution in [0.1, 0.15) is 29.9 Å². The van der Waals surface area contributed by atoms with Crippen molar-refractivity contribution in [2.45, 2.75) is 38.1 Å². The molecule has 0 N–H and O–H groups in total. The van der Waals surface area contributed by atoms with Gasteiger partial charge in [-0.25, -0.2) is 0 Å². The van der Waals surface area contributed by atoms with Crippen molar-refractivity contribution in [1.29, 1.82) is 0 Å². The molecule has 2 aromatic carbocycles. The molecule has 1 unspecified atom stereocenters. The van der Waals surface area contributed by atoms with E-state index in [0.717, 1.165) is 38.1 Å². The molecule has 1 amide bonds. The van der Waals surface area contributed by atoms with Crippen LogP contribution >= 0.6 is 0 Å². The van der Waals surface area contributed by atoms with Crippen LogP contribution in [0.25, 0.3) is 11.4 Å². The molecule has 1 aromatic heterocycles. The van der Waals surface area contributed by atoms with E-state index in [0.29, 0.717) is 38.6 Å². The van der Waals surface area contributed by atoms with Gasteiger partial charge >= 0.3 is 6.18 Å². The number of benzene rings is 2. The maximum atomic E-state index is 13.3.